The zero-order chi connectivity index (χ0) is 7.40. The molecule has 0 aliphatic carbocycles. The summed E-state index contributed by atoms with van der Waals surface area (Å²) in [4.78, 5) is 0. The van der Waals surface area contributed by atoms with Gasteiger partial charge in [0.2, 0.25) is 10.9 Å². The third-order valence-corrected chi connectivity index (χ3v) is 0.936. The van der Waals surface area contributed by atoms with Crippen molar-refractivity contribution in [2.24, 2.45) is 0 Å². The Kier molecular flexibility index (Phi) is 2.71. The van der Waals surface area contributed by atoms with E-state index in [2.05, 4.69) is 10.2 Å². The van der Waals surface area contributed by atoms with Crippen LogP contribution in [0, 0.1) is 0 Å². The molecule has 3 nitrogen and oxygen atoms in total. The third kappa shape index (κ3) is 2.37. The zero-order valence-electron chi connectivity index (χ0n) is 4.87. The number of rotatable bonds is 2. The summed E-state index contributed by atoms with van der Waals surface area (Å²) in [7, 11) is 0. The Morgan fingerprint density at radius 2 is 2.30 bits per heavy atom. The van der Waals surface area contributed by atoms with E-state index in [1.807, 2.05) is 0 Å². The summed E-state index contributed by atoms with van der Waals surface area (Å²) in [6, 6.07) is 3.29. The van der Waals surface area contributed by atoms with Gasteiger partial charge >= 0.3 is 0 Å². The molecule has 1 aromatic rings. The molecule has 0 atom stereocenters. The first-order valence-electron chi connectivity index (χ1n) is 2.51. The molecule has 1 aromatic heterocycles. The molecule has 10 heavy (non-hydrogen) atoms. The number of hydrogen-bond acceptors (Lipinski definition) is 3. The van der Waals surface area contributed by atoms with E-state index in [1.54, 1.807) is 12.1 Å². The van der Waals surface area contributed by atoms with Crippen molar-refractivity contribution in [3.63, 3.8) is 0 Å². The molecule has 0 aromatic carbocycles. The molecule has 0 unspecified atom stereocenters. The van der Waals surface area contributed by atoms with Crippen LogP contribution in [-0.4, -0.2) is 15.2 Å². The van der Waals surface area contributed by atoms with Crippen LogP contribution in [0.2, 0.25) is 0 Å². The fourth-order valence-corrected chi connectivity index (χ4v) is 0.624. The first-order valence-corrected chi connectivity index (χ1v) is 3.39. The largest absolute Gasteiger partial charge is 0.442 e. The number of hydrogen-bond donors (Lipinski definition) is 0. The second-order valence-electron chi connectivity index (χ2n) is 1.44. The lowest BCUT2D eigenvalue weighted by molar-refractivity contribution is 0.335. The second kappa shape index (κ2) is 3.58. The highest BCUT2D eigenvalue weighted by Gasteiger charge is 1.99. The molecule has 5 heteroatoms. The Balaban J connectivity index is 2.59. The lowest BCUT2D eigenvalue weighted by Crippen LogP contribution is -2.01. The zero-order valence-corrected chi connectivity index (χ0v) is 6.38. The van der Waals surface area contributed by atoms with E-state index < -0.39 is 5.02 Å². The van der Waals surface area contributed by atoms with Gasteiger partial charge in [-0.15, -0.1) is 5.10 Å². The van der Waals surface area contributed by atoms with Gasteiger partial charge < -0.3 is 4.74 Å². The molecule has 0 N–H and O–H groups in total. The van der Waals surface area contributed by atoms with Gasteiger partial charge in [-0.25, -0.2) is 0 Å². The van der Waals surface area contributed by atoms with Crippen molar-refractivity contribution < 1.29 is 4.74 Å². The lowest BCUT2D eigenvalue weighted by atomic mass is 10.6. The summed E-state index contributed by atoms with van der Waals surface area (Å²) >= 11 is 10.6. The maximum absolute atomic E-state index is 5.29. The van der Waals surface area contributed by atoms with E-state index in [0.717, 1.165) is 0 Å². The number of nitrogens with zero attached hydrogens (tertiary/aromatic N) is 2. The van der Waals surface area contributed by atoms with Gasteiger partial charge in [-0.1, -0.05) is 23.2 Å². The first-order chi connectivity index (χ1) is 4.79. The van der Waals surface area contributed by atoms with E-state index in [9.17, 15) is 0 Å². The Hall–Kier alpha value is -0.540. The third-order valence-electron chi connectivity index (χ3n) is 0.758. The number of halogens is 2. The molecular weight excluding hydrogens is 175 g/mol. The average Bonchev–Trinajstić information content (AvgIpc) is 1.88. The number of aromatic nitrogens is 2. The molecule has 0 aliphatic rings. The highest BCUT2D eigenvalue weighted by Crippen LogP contribution is 2.09. The fourth-order valence-electron chi connectivity index (χ4n) is 0.442. The Labute approximate surface area is 67.9 Å². The molecule has 54 valence electrons. The smallest absolute Gasteiger partial charge is 0.249 e. The quantitative estimate of drug-likeness (QED) is 0.647. The Bertz CT molecular complexity index is 192. The summed E-state index contributed by atoms with van der Waals surface area (Å²) in [5.74, 6) is 0.317. The van der Waals surface area contributed by atoms with Crippen LogP contribution < -0.4 is 4.74 Å². The Morgan fingerprint density at radius 1 is 1.50 bits per heavy atom. The van der Waals surface area contributed by atoms with Crippen molar-refractivity contribution in [3.05, 3.63) is 18.3 Å². The van der Waals surface area contributed by atoms with Gasteiger partial charge in [0.15, 0.2) is 0 Å². The first kappa shape index (κ1) is 7.57. The normalized spacial score (nSPS) is 9.90. The second-order valence-corrected chi connectivity index (χ2v) is 2.46. The minimum absolute atomic E-state index is 0.317. The Morgan fingerprint density at radius 3 is 2.80 bits per heavy atom. The molecule has 0 fully saturated rings. The van der Waals surface area contributed by atoms with Gasteiger partial charge in [0.25, 0.3) is 0 Å². The van der Waals surface area contributed by atoms with Gasteiger partial charge in [0, 0.05) is 12.3 Å². The van der Waals surface area contributed by atoms with E-state index in [0.29, 0.717) is 5.88 Å². The average molecular weight is 179 g/mol. The molecule has 0 spiro atoms. The van der Waals surface area contributed by atoms with Crippen molar-refractivity contribution in [2.75, 3.05) is 0 Å². The van der Waals surface area contributed by atoms with E-state index in [-0.39, 0.29) is 0 Å². The van der Waals surface area contributed by atoms with Crippen molar-refractivity contribution in [3.8, 4) is 5.88 Å². The van der Waals surface area contributed by atoms with Crippen LogP contribution >= 0.6 is 23.2 Å². The van der Waals surface area contributed by atoms with Crippen molar-refractivity contribution in [2.45, 2.75) is 5.02 Å². The summed E-state index contributed by atoms with van der Waals surface area (Å²) in [5.41, 5.74) is 0. The molecule has 0 saturated carbocycles. The predicted molar refractivity (Wildman–Crippen MR) is 38.2 cm³/mol. The number of alkyl halides is 2. The van der Waals surface area contributed by atoms with E-state index in [1.165, 1.54) is 6.20 Å². The summed E-state index contributed by atoms with van der Waals surface area (Å²) in [6.45, 7) is 0. The monoisotopic (exact) mass is 178 g/mol. The fraction of sp³-hybridized carbons (Fsp3) is 0.200. The van der Waals surface area contributed by atoms with Gasteiger partial charge in [-0.2, -0.15) is 5.10 Å². The van der Waals surface area contributed by atoms with Crippen molar-refractivity contribution in [1.29, 1.82) is 0 Å². The van der Waals surface area contributed by atoms with Crippen LogP contribution in [0.25, 0.3) is 0 Å². The van der Waals surface area contributed by atoms with Gasteiger partial charge in [0.1, 0.15) is 0 Å². The predicted octanol–water partition coefficient (Wildman–Crippen LogP) is 1.62. The van der Waals surface area contributed by atoms with Crippen LogP contribution in [0.1, 0.15) is 0 Å². The molecule has 1 heterocycles. The SMILES string of the molecule is ClC(Cl)Oc1cccnn1. The molecule has 0 radical (unpaired) electrons. The highest BCUT2D eigenvalue weighted by atomic mass is 35.5. The van der Waals surface area contributed by atoms with Gasteiger partial charge in [-0.05, 0) is 6.07 Å². The highest BCUT2D eigenvalue weighted by molar-refractivity contribution is 6.43. The summed E-state index contributed by atoms with van der Waals surface area (Å²) < 4.78 is 4.77. The van der Waals surface area contributed by atoms with Crippen LogP contribution in [0.15, 0.2) is 18.3 Å². The molecular formula is C5H4Cl2N2O. The molecule has 0 bridgehead atoms. The minimum atomic E-state index is -0.892. The molecule has 1 rings (SSSR count). The van der Waals surface area contributed by atoms with Gasteiger partial charge in [-0.3, -0.25) is 0 Å². The molecule has 0 aliphatic heterocycles. The summed E-state index contributed by atoms with van der Waals surface area (Å²) in [6.07, 6.45) is 1.53. The van der Waals surface area contributed by atoms with Crippen molar-refractivity contribution in [1.82, 2.24) is 10.2 Å². The van der Waals surface area contributed by atoms with Crippen LogP contribution in [-0.2, 0) is 0 Å². The maximum atomic E-state index is 5.29. The van der Waals surface area contributed by atoms with E-state index >= 15 is 0 Å². The van der Waals surface area contributed by atoms with Crippen LogP contribution in [0.4, 0.5) is 0 Å². The minimum Gasteiger partial charge on any atom is -0.442 e. The molecule has 0 saturated heterocycles. The van der Waals surface area contributed by atoms with Crippen LogP contribution in [0.5, 0.6) is 5.88 Å². The van der Waals surface area contributed by atoms with E-state index in [4.69, 9.17) is 27.9 Å². The standard InChI is InChI=1S/C5H4Cl2N2O/c6-5(7)10-4-2-1-3-8-9-4/h1-3,5H. The summed E-state index contributed by atoms with van der Waals surface area (Å²) in [5, 5.41) is 6.23. The van der Waals surface area contributed by atoms with Gasteiger partial charge in [0.05, 0.1) is 0 Å². The lowest BCUT2D eigenvalue weighted by Gasteiger charge is -2.01. The molecule has 0 amide bonds. The maximum Gasteiger partial charge on any atom is 0.249 e. The topological polar surface area (TPSA) is 35.0 Å². The van der Waals surface area contributed by atoms with Crippen LogP contribution in [0.3, 0.4) is 0 Å². The van der Waals surface area contributed by atoms with Crippen molar-refractivity contribution >= 4 is 23.2 Å². The number of ether oxygens (including phenoxy) is 1.